The lowest BCUT2D eigenvalue weighted by Gasteiger charge is -2.33. The Bertz CT molecular complexity index is 1160. The van der Waals surface area contributed by atoms with Gasteiger partial charge in [-0.2, -0.15) is 0 Å². The molecule has 0 aromatic heterocycles. The van der Waals surface area contributed by atoms with E-state index in [1.54, 1.807) is 0 Å². The van der Waals surface area contributed by atoms with Crippen molar-refractivity contribution < 1.29 is 23.3 Å². The normalized spacial score (nSPS) is 23.8. The monoisotopic (exact) mass is 568 g/mol. The number of hydrogen-bond donors (Lipinski definition) is 0. The van der Waals surface area contributed by atoms with Gasteiger partial charge in [0.1, 0.15) is 0 Å². The predicted molar refractivity (Wildman–Crippen MR) is 156 cm³/mol. The van der Waals surface area contributed by atoms with Gasteiger partial charge in [-0.1, -0.05) is 24.3 Å². The molecule has 4 atom stereocenters. The Morgan fingerprint density at radius 1 is 0.800 bits per heavy atom. The average Bonchev–Trinajstić information content (AvgIpc) is 3.60. The summed E-state index contributed by atoms with van der Waals surface area (Å²) in [5, 5.41) is 0. The summed E-state index contributed by atoms with van der Waals surface area (Å²) in [6.07, 6.45) is 2.94. The highest BCUT2D eigenvalue weighted by molar-refractivity contribution is 7.85. The highest BCUT2D eigenvalue weighted by Crippen LogP contribution is 2.40. The third-order valence-corrected chi connectivity index (χ3v) is 10.6. The topological polar surface area (TPSA) is 76.1 Å². The zero-order chi connectivity index (χ0) is 29.1. The number of nitrogens with zero attached hydrogens (tertiary/aromatic N) is 2. The molecule has 40 heavy (non-hydrogen) atoms. The fraction of sp³-hybridized carbons (Fsp3) is 0.562. The van der Waals surface area contributed by atoms with Crippen LogP contribution in [0.1, 0.15) is 37.8 Å². The molecule has 0 N–H and O–H groups in total. The maximum absolute atomic E-state index is 13.8. The van der Waals surface area contributed by atoms with Crippen molar-refractivity contribution in [3.05, 3.63) is 59.7 Å². The zero-order valence-corrected chi connectivity index (χ0v) is 25.6. The molecule has 8 heteroatoms. The van der Waals surface area contributed by atoms with Gasteiger partial charge in [-0.05, 0) is 114 Å². The van der Waals surface area contributed by atoms with E-state index in [2.05, 4.69) is 23.9 Å². The van der Waals surface area contributed by atoms with E-state index in [0.29, 0.717) is 22.6 Å². The highest BCUT2D eigenvalue weighted by atomic mass is 32.2. The quantitative estimate of drug-likeness (QED) is 0.398. The van der Waals surface area contributed by atoms with Crippen LogP contribution in [0.2, 0.25) is 0 Å². The smallest absolute Gasteiger partial charge is 0.312 e. The summed E-state index contributed by atoms with van der Waals surface area (Å²) in [5.74, 6) is -0.0117. The van der Waals surface area contributed by atoms with Crippen molar-refractivity contribution in [3.8, 4) is 0 Å². The van der Waals surface area contributed by atoms with Crippen molar-refractivity contribution >= 4 is 22.7 Å². The van der Waals surface area contributed by atoms with Gasteiger partial charge in [0.2, 0.25) is 0 Å². The minimum atomic E-state index is -1.41. The van der Waals surface area contributed by atoms with Gasteiger partial charge in [0.25, 0.3) is 0 Å². The lowest BCUT2D eigenvalue weighted by molar-refractivity contribution is -0.155. The summed E-state index contributed by atoms with van der Waals surface area (Å²) in [7, 11) is 5.65. The summed E-state index contributed by atoms with van der Waals surface area (Å²) in [4.78, 5) is 31.8. The maximum Gasteiger partial charge on any atom is 0.312 e. The molecule has 4 rings (SSSR count). The minimum Gasteiger partial charge on any atom is -0.469 e. The predicted octanol–water partition coefficient (Wildman–Crippen LogP) is 4.20. The fourth-order valence-corrected chi connectivity index (χ4v) is 7.86. The Balaban J connectivity index is 1.56. The third kappa shape index (κ3) is 6.34. The summed E-state index contributed by atoms with van der Waals surface area (Å²) in [6, 6.07) is 15.5. The first-order valence-electron chi connectivity index (χ1n) is 14.1. The molecule has 0 saturated carbocycles. The number of esters is 2. The number of carbonyl (C=O) groups excluding carboxylic acids is 2. The van der Waals surface area contributed by atoms with E-state index < -0.39 is 21.6 Å². The number of methoxy groups -OCH3 is 2. The van der Waals surface area contributed by atoms with Crippen LogP contribution in [-0.4, -0.2) is 80.4 Å². The van der Waals surface area contributed by atoms with Crippen molar-refractivity contribution in [1.29, 1.82) is 0 Å². The standard InChI is InChI=1S/C32H44N2O5S/c1-31(29(35)38-5,25-13-15-33(3)21-25)19-23-9-7-11-27(17-23)40(37)28-12-8-10-24(18-28)20-32(2,30(36)39-6)26-14-16-34(4)22-26/h7-12,17-18,25-26H,13-16,19-22H2,1-6H3. The van der Waals surface area contributed by atoms with Gasteiger partial charge in [0.05, 0.1) is 35.8 Å². The maximum atomic E-state index is 13.8. The van der Waals surface area contributed by atoms with Crippen LogP contribution in [0.3, 0.4) is 0 Å². The van der Waals surface area contributed by atoms with E-state index in [1.807, 2.05) is 62.4 Å². The van der Waals surface area contributed by atoms with E-state index in [9.17, 15) is 13.8 Å². The number of benzene rings is 2. The molecule has 4 unspecified atom stereocenters. The molecule has 2 aromatic carbocycles. The van der Waals surface area contributed by atoms with Crippen LogP contribution >= 0.6 is 0 Å². The minimum absolute atomic E-state index is 0.194. The largest absolute Gasteiger partial charge is 0.469 e. The van der Waals surface area contributed by atoms with Gasteiger partial charge in [-0.3, -0.25) is 9.59 Å². The second-order valence-electron chi connectivity index (χ2n) is 12.2. The molecule has 218 valence electrons. The lowest BCUT2D eigenvalue weighted by atomic mass is 9.72. The molecule has 2 heterocycles. The second kappa shape index (κ2) is 12.5. The Labute approximate surface area is 241 Å². The average molecular weight is 569 g/mol. The molecule has 7 nitrogen and oxygen atoms in total. The molecule has 2 saturated heterocycles. The summed E-state index contributed by atoms with van der Waals surface area (Å²) < 4.78 is 24.3. The SMILES string of the molecule is COC(=O)C(C)(Cc1cccc(S(=O)c2cccc(CC(C)(C(=O)OC)C3CCN(C)C3)c2)c1)C1CCN(C)C1. The molecular weight excluding hydrogens is 524 g/mol. The van der Waals surface area contributed by atoms with Crippen LogP contribution < -0.4 is 0 Å². The van der Waals surface area contributed by atoms with Gasteiger partial charge in [-0.25, -0.2) is 4.21 Å². The van der Waals surface area contributed by atoms with E-state index in [4.69, 9.17) is 9.47 Å². The molecule has 2 aliphatic rings. The van der Waals surface area contributed by atoms with Crippen LogP contribution in [0, 0.1) is 22.7 Å². The van der Waals surface area contributed by atoms with E-state index >= 15 is 0 Å². The zero-order valence-electron chi connectivity index (χ0n) is 24.8. The van der Waals surface area contributed by atoms with Crippen LogP contribution in [0.15, 0.2) is 58.3 Å². The van der Waals surface area contributed by atoms with Gasteiger partial charge in [0.15, 0.2) is 0 Å². The Hall–Kier alpha value is -2.55. The summed E-state index contributed by atoms with van der Waals surface area (Å²) >= 11 is 0. The Morgan fingerprint density at radius 3 is 1.52 bits per heavy atom. The molecule has 0 amide bonds. The van der Waals surface area contributed by atoms with Crippen LogP contribution in [0.25, 0.3) is 0 Å². The van der Waals surface area contributed by atoms with Crippen molar-refractivity contribution in [3.63, 3.8) is 0 Å². The fourth-order valence-electron chi connectivity index (χ4n) is 6.67. The van der Waals surface area contributed by atoms with Crippen LogP contribution in [-0.2, 0) is 42.7 Å². The van der Waals surface area contributed by atoms with E-state index in [-0.39, 0.29) is 23.8 Å². The molecule has 0 radical (unpaired) electrons. The Morgan fingerprint density at radius 2 is 1.20 bits per heavy atom. The number of rotatable bonds is 10. The molecule has 2 aliphatic heterocycles. The van der Waals surface area contributed by atoms with E-state index in [1.165, 1.54) is 14.2 Å². The van der Waals surface area contributed by atoms with Crippen LogP contribution in [0.5, 0.6) is 0 Å². The van der Waals surface area contributed by atoms with Gasteiger partial charge >= 0.3 is 11.9 Å². The first-order valence-corrected chi connectivity index (χ1v) is 15.3. The molecular formula is C32H44N2O5S. The van der Waals surface area contributed by atoms with Gasteiger partial charge in [0, 0.05) is 22.9 Å². The second-order valence-corrected chi connectivity index (χ2v) is 13.7. The van der Waals surface area contributed by atoms with Crippen molar-refractivity contribution in [2.45, 2.75) is 49.3 Å². The van der Waals surface area contributed by atoms with Crippen molar-refractivity contribution in [1.82, 2.24) is 9.80 Å². The number of hydrogen-bond acceptors (Lipinski definition) is 7. The first kappa shape index (κ1) is 30.4. The summed E-state index contributed by atoms with van der Waals surface area (Å²) in [6.45, 7) is 7.62. The Kier molecular flexibility index (Phi) is 9.53. The number of carbonyl (C=O) groups is 2. The number of likely N-dealkylation sites (tertiary alicyclic amines) is 2. The molecule has 0 spiro atoms. The molecule has 0 aliphatic carbocycles. The third-order valence-electron chi connectivity index (χ3n) is 9.26. The molecule has 2 fully saturated rings. The van der Waals surface area contributed by atoms with Crippen molar-refractivity contribution in [2.75, 3.05) is 54.5 Å². The van der Waals surface area contributed by atoms with Crippen molar-refractivity contribution in [2.24, 2.45) is 22.7 Å². The van der Waals surface area contributed by atoms with Gasteiger partial charge in [-0.15, -0.1) is 0 Å². The summed E-state index contributed by atoms with van der Waals surface area (Å²) in [5.41, 5.74) is 0.611. The number of ether oxygens (including phenoxy) is 2. The molecule has 0 bridgehead atoms. The van der Waals surface area contributed by atoms with Crippen LogP contribution in [0.4, 0.5) is 0 Å². The van der Waals surface area contributed by atoms with E-state index in [0.717, 1.165) is 50.1 Å². The molecule has 2 aromatic rings. The van der Waals surface area contributed by atoms with Gasteiger partial charge < -0.3 is 19.3 Å². The highest BCUT2D eigenvalue weighted by Gasteiger charge is 2.46. The lowest BCUT2D eigenvalue weighted by Crippen LogP contribution is -2.40. The first-order chi connectivity index (χ1) is 19.0.